The molecule has 1 saturated carbocycles. The number of nitrogens with two attached hydrogens (primary N) is 1. The highest BCUT2D eigenvalue weighted by Gasteiger charge is 2.17. The second-order valence-corrected chi connectivity index (χ2v) is 5.42. The van der Waals surface area contributed by atoms with Gasteiger partial charge in [-0.15, -0.1) is 0 Å². The number of amides is 2. The van der Waals surface area contributed by atoms with Gasteiger partial charge in [0, 0.05) is 31.9 Å². The van der Waals surface area contributed by atoms with E-state index in [1.165, 1.54) is 31.9 Å². The van der Waals surface area contributed by atoms with E-state index in [0.717, 1.165) is 0 Å². The van der Waals surface area contributed by atoms with Crippen molar-refractivity contribution in [2.24, 2.45) is 11.7 Å². The minimum absolute atomic E-state index is 0.105. The van der Waals surface area contributed by atoms with Gasteiger partial charge in [-0.05, 0) is 24.8 Å². The van der Waals surface area contributed by atoms with Gasteiger partial charge < -0.3 is 16.4 Å². The molecule has 0 spiro atoms. The Kier molecular flexibility index (Phi) is 5.54. The molecule has 0 aliphatic heterocycles. The number of carbonyl (C=O) groups excluding carboxylic acids is 2. The van der Waals surface area contributed by atoms with Gasteiger partial charge in [-0.1, -0.05) is 12.8 Å². The summed E-state index contributed by atoms with van der Waals surface area (Å²) in [6.45, 7) is 1.06. The largest absolute Gasteiger partial charge is 0.383 e. The summed E-state index contributed by atoms with van der Waals surface area (Å²) in [5.74, 6) is 0.143. The van der Waals surface area contributed by atoms with Crippen LogP contribution >= 0.6 is 0 Å². The van der Waals surface area contributed by atoms with E-state index in [2.05, 4.69) is 15.6 Å². The number of anilines is 1. The van der Waals surface area contributed by atoms with Crippen molar-refractivity contribution in [1.29, 1.82) is 0 Å². The predicted octanol–water partition coefficient (Wildman–Crippen LogP) is 1.29. The lowest BCUT2D eigenvalue weighted by Crippen LogP contribution is -2.30. The number of nitrogens with one attached hydrogen (secondary N) is 2. The summed E-state index contributed by atoms with van der Waals surface area (Å²) in [5.41, 5.74) is 6.27. The van der Waals surface area contributed by atoms with Crippen LogP contribution in [-0.2, 0) is 4.79 Å². The molecule has 6 heteroatoms. The second-order valence-electron chi connectivity index (χ2n) is 5.42. The molecule has 2 amide bonds. The summed E-state index contributed by atoms with van der Waals surface area (Å²) < 4.78 is 0. The highest BCUT2D eigenvalue weighted by Crippen LogP contribution is 2.27. The van der Waals surface area contributed by atoms with Gasteiger partial charge in [0.2, 0.25) is 5.91 Å². The molecule has 2 rings (SSSR count). The Morgan fingerprint density at radius 2 is 2.05 bits per heavy atom. The smallest absolute Gasteiger partial charge is 0.252 e. The van der Waals surface area contributed by atoms with Crippen LogP contribution < -0.4 is 16.4 Å². The summed E-state index contributed by atoms with van der Waals surface area (Å²) in [6.07, 6.45) is 8.49. The standard InChI is InChI=1S/C15H22N4O2/c16-15(21)12-10-17-6-5-13(12)18-7-8-19-14(20)9-11-3-1-2-4-11/h5-6,10-11H,1-4,7-9H2,(H2,16,21)(H,17,18)(H,19,20). The van der Waals surface area contributed by atoms with Crippen LogP contribution in [0.25, 0.3) is 0 Å². The van der Waals surface area contributed by atoms with Crippen molar-refractivity contribution in [1.82, 2.24) is 10.3 Å². The van der Waals surface area contributed by atoms with Crippen molar-refractivity contribution in [3.8, 4) is 0 Å². The molecule has 1 aliphatic rings. The van der Waals surface area contributed by atoms with E-state index in [4.69, 9.17) is 5.73 Å². The summed E-state index contributed by atoms with van der Waals surface area (Å²) in [4.78, 5) is 26.9. The number of rotatable bonds is 7. The van der Waals surface area contributed by atoms with Crippen LogP contribution in [-0.4, -0.2) is 29.9 Å². The van der Waals surface area contributed by atoms with Crippen molar-refractivity contribution in [2.75, 3.05) is 18.4 Å². The number of hydrogen-bond acceptors (Lipinski definition) is 4. The Morgan fingerprint density at radius 3 is 2.76 bits per heavy atom. The van der Waals surface area contributed by atoms with E-state index in [9.17, 15) is 9.59 Å². The Labute approximate surface area is 124 Å². The third kappa shape index (κ3) is 4.73. The van der Waals surface area contributed by atoms with Gasteiger partial charge in [-0.2, -0.15) is 0 Å². The Morgan fingerprint density at radius 1 is 1.29 bits per heavy atom. The molecule has 0 radical (unpaired) electrons. The van der Waals surface area contributed by atoms with Gasteiger partial charge in [0.05, 0.1) is 11.3 Å². The minimum Gasteiger partial charge on any atom is -0.383 e. The van der Waals surface area contributed by atoms with E-state index in [1.807, 2.05) is 0 Å². The molecule has 1 aromatic heterocycles. The van der Waals surface area contributed by atoms with Crippen LogP contribution in [0.3, 0.4) is 0 Å². The Balaban J connectivity index is 1.69. The lowest BCUT2D eigenvalue weighted by molar-refractivity contribution is -0.121. The molecule has 114 valence electrons. The summed E-state index contributed by atoms with van der Waals surface area (Å²) in [7, 11) is 0. The van der Waals surface area contributed by atoms with Gasteiger partial charge in [-0.3, -0.25) is 14.6 Å². The summed E-state index contributed by atoms with van der Waals surface area (Å²) >= 11 is 0. The molecular weight excluding hydrogens is 268 g/mol. The van der Waals surface area contributed by atoms with Crippen LogP contribution in [0.2, 0.25) is 0 Å². The van der Waals surface area contributed by atoms with Crippen LogP contribution in [0.4, 0.5) is 5.69 Å². The normalized spacial score (nSPS) is 14.9. The van der Waals surface area contributed by atoms with E-state index >= 15 is 0 Å². The van der Waals surface area contributed by atoms with Gasteiger partial charge in [0.25, 0.3) is 5.91 Å². The fourth-order valence-corrected chi connectivity index (χ4v) is 2.69. The zero-order valence-electron chi connectivity index (χ0n) is 12.1. The van der Waals surface area contributed by atoms with Gasteiger partial charge in [-0.25, -0.2) is 0 Å². The fourth-order valence-electron chi connectivity index (χ4n) is 2.69. The predicted molar refractivity (Wildman–Crippen MR) is 80.8 cm³/mol. The molecule has 0 unspecified atom stereocenters. The number of carbonyl (C=O) groups is 2. The van der Waals surface area contributed by atoms with E-state index in [-0.39, 0.29) is 5.91 Å². The Bertz CT molecular complexity index is 498. The second kappa shape index (κ2) is 7.61. The molecule has 1 heterocycles. The molecule has 1 aromatic rings. The first kappa shape index (κ1) is 15.3. The fraction of sp³-hybridized carbons (Fsp3) is 0.533. The number of pyridine rings is 1. The van der Waals surface area contributed by atoms with E-state index < -0.39 is 5.91 Å². The molecule has 6 nitrogen and oxygen atoms in total. The van der Waals surface area contributed by atoms with Crippen LogP contribution in [0.5, 0.6) is 0 Å². The number of hydrogen-bond donors (Lipinski definition) is 3. The van der Waals surface area contributed by atoms with Gasteiger partial charge >= 0.3 is 0 Å². The SMILES string of the molecule is NC(=O)c1cnccc1NCCNC(=O)CC1CCCC1. The maximum absolute atomic E-state index is 11.8. The molecule has 0 atom stereocenters. The van der Waals surface area contributed by atoms with Crippen LogP contribution in [0.1, 0.15) is 42.5 Å². The van der Waals surface area contributed by atoms with E-state index in [1.54, 1.807) is 12.3 Å². The van der Waals surface area contributed by atoms with Crippen LogP contribution in [0.15, 0.2) is 18.5 Å². The average molecular weight is 290 g/mol. The first-order valence-corrected chi connectivity index (χ1v) is 7.41. The molecule has 21 heavy (non-hydrogen) atoms. The molecule has 0 saturated heterocycles. The number of nitrogens with zero attached hydrogens (tertiary/aromatic N) is 1. The monoisotopic (exact) mass is 290 g/mol. The van der Waals surface area contributed by atoms with Crippen molar-refractivity contribution in [3.05, 3.63) is 24.0 Å². The minimum atomic E-state index is -0.518. The lowest BCUT2D eigenvalue weighted by atomic mass is 10.0. The maximum atomic E-state index is 11.8. The molecule has 1 aliphatic carbocycles. The molecular formula is C15H22N4O2. The lowest BCUT2D eigenvalue weighted by Gasteiger charge is -2.12. The zero-order valence-corrected chi connectivity index (χ0v) is 12.1. The highest BCUT2D eigenvalue weighted by atomic mass is 16.1. The van der Waals surface area contributed by atoms with Crippen molar-refractivity contribution in [3.63, 3.8) is 0 Å². The quantitative estimate of drug-likeness (QED) is 0.659. The zero-order chi connectivity index (χ0) is 15.1. The highest BCUT2D eigenvalue weighted by molar-refractivity contribution is 5.98. The number of primary amides is 1. The number of aromatic nitrogens is 1. The third-order valence-electron chi connectivity index (χ3n) is 3.80. The Hall–Kier alpha value is -2.11. The topological polar surface area (TPSA) is 97.1 Å². The average Bonchev–Trinajstić information content (AvgIpc) is 2.96. The summed E-state index contributed by atoms with van der Waals surface area (Å²) in [5, 5.41) is 5.98. The van der Waals surface area contributed by atoms with Gasteiger partial charge in [0.1, 0.15) is 0 Å². The van der Waals surface area contributed by atoms with Gasteiger partial charge in [0.15, 0.2) is 0 Å². The molecule has 0 aromatic carbocycles. The maximum Gasteiger partial charge on any atom is 0.252 e. The van der Waals surface area contributed by atoms with E-state index in [0.29, 0.717) is 36.7 Å². The van der Waals surface area contributed by atoms with Crippen molar-refractivity contribution in [2.45, 2.75) is 32.1 Å². The van der Waals surface area contributed by atoms with Crippen molar-refractivity contribution < 1.29 is 9.59 Å². The third-order valence-corrected chi connectivity index (χ3v) is 3.80. The first-order valence-electron chi connectivity index (χ1n) is 7.41. The first-order chi connectivity index (χ1) is 10.2. The molecule has 0 bridgehead atoms. The van der Waals surface area contributed by atoms with Crippen LogP contribution in [0, 0.1) is 5.92 Å². The van der Waals surface area contributed by atoms with Crippen molar-refractivity contribution >= 4 is 17.5 Å². The summed E-state index contributed by atoms with van der Waals surface area (Å²) in [6, 6.07) is 1.69. The molecule has 1 fully saturated rings. The molecule has 4 N–H and O–H groups in total.